The summed E-state index contributed by atoms with van der Waals surface area (Å²) in [6.07, 6.45) is 0. The van der Waals surface area contributed by atoms with E-state index >= 15 is 0 Å². The van der Waals surface area contributed by atoms with Crippen LogP contribution >= 0.6 is 0 Å². The van der Waals surface area contributed by atoms with Crippen LogP contribution in [-0.4, -0.2) is 91.5 Å². The summed E-state index contributed by atoms with van der Waals surface area (Å²) in [6.45, 7) is 10.4. The van der Waals surface area contributed by atoms with Crippen molar-refractivity contribution in [2.75, 3.05) is 79.7 Å². The summed E-state index contributed by atoms with van der Waals surface area (Å²) in [5, 5.41) is 5.47. The lowest BCUT2D eigenvalue weighted by Crippen LogP contribution is -2.36. The first-order chi connectivity index (χ1) is 12.9. The first-order valence-corrected chi connectivity index (χ1v) is 9.23. The molecule has 9 heteroatoms. The fraction of sp³-hybridized carbons (Fsp3) is 0.889. The Hall–Kier alpha value is -1.26. The Morgan fingerprint density at radius 3 is 1.52 bits per heavy atom. The van der Waals surface area contributed by atoms with Gasteiger partial charge in [-0.3, -0.25) is 9.59 Å². The van der Waals surface area contributed by atoms with Gasteiger partial charge in [-0.15, -0.1) is 0 Å². The Bertz CT molecular complexity index is 386. The zero-order valence-corrected chi connectivity index (χ0v) is 17.1. The number of amides is 2. The van der Waals surface area contributed by atoms with Crippen molar-refractivity contribution in [1.82, 2.24) is 10.6 Å². The van der Waals surface area contributed by atoms with Crippen molar-refractivity contribution in [3.8, 4) is 0 Å². The second-order valence-corrected chi connectivity index (χ2v) is 6.74. The summed E-state index contributed by atoms with van der Waals surface area (Å²) >= 11 is 0. The number of carbonyl (C=O) groups is 2. The van der Waals surface area contributed by atoms with E-state index in [1.165, 1.54) is 7.11 Å². The topological polar surface area (TPSA) is 104 Å². The van der Waals surface area contributed by atoms with E-state index in [0.717, 1.165) is 0 Å². The predicted molar refractivity (Wildman–Crippen MR) is 101 cm³/mol. The molecule has 0 bridgehead atoms. The van der Waals surface area contributed by atoms with Crippen LogP contribution in [0.5, 0.6) is 0 Å². The molecule has 0 unspecified atom stereocenters. The third-order valence-electron chi connectivity index (χ3n) is 3.17. The number of hydrogen-bond donors (Lipinski definition) is 2. The molecule has 2 N–H and O–H groups in total. The van der Waals surface area contributed by atoms with Gasteiger partial charge in [-0.25, -0.2) is 0 Å². The fourth-order valence-electron chi connectivity index (χ4n) is 1.71. The molecule has 0 saturated carbocycles. The van der Waals surface area contributed by atoms with Gasteiger partial charge < -0.3 is 34.3 Å². The standard InChI is InChI=1S/C18H36N2O7/c1-18(2,3)17(22)20-6-8-25-10-12-27-14-13-26-11-9-24-7-5-19-16(21)15-23-4/h5-15H2,1-4H3,(H,19,21)(H,20,22). The quantitative estimate of drug-likeness (QED) is 0.335. The first-order valence-electron chi connectivity index (χ1n) is 9.23. The number of ether oxygens (including phenoxy) is 5. The summed E-state index contributed by atoms with van der Waals surface area (Å²) in [7, 11) is 1.47. The number of methoxy groups -OCH3 is 1. The molecule has 0 spiro atoms. The average molecular weight is 392 g/mol. The third-order valence-corrected chi connectivity index (χ3v) is 3.17. The van der Waals surface area contributed by atoms with Crippen LogP contribution in [0.1, 0.15) is 20.8 Å². The SMILES string of the molecule is COCC(=O)NCCOCCOCCOCCOCCNC(=O)C(C)(C)C. The molecule has 0 aromatic heterocycles. The van der Waals surface area contributed by atoms with Crippen molar-refractivity contribution in [2.24, 2.45) is 5.41 Å². The Morgan fingerprint density at radius 1 is 0.704 bits per heavy atom. The van der Waals surface area contributed by atoms with E-state index in [1.807, 2.05) is 20.8 Å². The lowest BCUT2D eigenvalue weighted by molar-refractivity contribution is -0.128. The van der Waals surface area contributed by atoms with E-state index in [1.54, 1.807) is 0 Å². The number of rotatable bonds is 17. The summed E-state index contributed by atoms with van der Waals surface area (Å²) in [6, 6.07) is 0. The zero-order chi connectivity index (χ0) is 20.4. The molecule has 9 nitrogen and oxygen atoms in total. The lowest BCUT2D eigenvalue weighted by Gasteiger charge is -2.17. The maximum atomic E-state index is 11.6. The molecule has 27 heavy (non-hydrogen) atoms. The second-order valence-electron chi connectivity index (χ2n) is 6.74. The van der Waals surface area contributed by atoms with Crippen LogP contribution in [0.15, 0.2) is 0 Å². The summed E-state index contributed by atoms with van der Waals surface area (Å²) < 4.78 is 26.1. The number of carbonyl (C=O) groups excluding carboxylic acids is 2. The van der Waals surface area contributed by atoms with Crippen LogP contribution in [0.4, 0.5) is 0 Å². The van der Waals surface area contributed by atoms with E-state index < -0.39 is 0 Å². The number of nitrogens with one attached hydrogen (secondary N) is 2. The van der Waals surface area contributed by atoms with E-state index in [-0.39, 0.29) is 23.8 Å². The molecule has 0 aromatic rings. The molecule has 0 saturated heterocycles. The molecule has 0 atom stereocenters. The third kappa shape index (κ3) is 17.9. The summed E-state index contributed by atoms with van der Waals surface area (Å²) in [5.41, 5.74) is -0.381. The highest BCUT2D eigenvalue weighted by Crippen LogP contribution is 2.11. The zero-order valence-electron chi connectivity index (χ0n) is 17.1. The molecule has 0 rings (SSSR count). The van der Waals surface area contributed by atoms with Gasteiger partial charge in [0.25, 0.3) is 0 Å². The Kier molecular flexibility index (Phi) is 16.1. The van der Waals surface area contributed by atoms with Gasteiger partial charge in [-0.2, -0.15) is 0 Å². The first kappa shape index (κ1) is 25.7. The van der Waals surface area contributed by atoms with Gasteiger partial charge in [0.2, 0.25) is 11.8 Å². The van der Waals surface area contributed by atoms with Crippen LogP contribution in [0.3, 0.4) is 0 Å². The van der Waals surface area contributed by atoms with Gasteiger partial charge in [-0.1, -0.05) is 20.8 Å². The van der Waals surface area contributed by atoms with Gasteiger partial charge >= 0.3 is 0 Å². The van der Waals surface area contributed by atoms with Gasteiger partial charge in [0.05, 0.1) is 52.9 Å². The van der Waals surface area contributed by atoms with Crippen molar-refractivity contribution < 1.29 is 33.3 Å². The second kappa shape index (κ2) is 16.9. The van der Waals surface area contributed by atoms with Gasteiger partial charge in [0.1, 0.15) is 6.61 Å². The average Bonchev–Trinajstić information content (AvgIpc) is 2.60. The normalized spacial score (nSPS) is 11.4. The summed E-state index contributed by atoms with van der Waals surface area (Å²) in [5.74, 6) is -0.146. The van der Waals surface area contributed by atoms with Gasteiger partial charge in [-0.05, 0) is 0 Å². The minimum Gasteiger partial charge on any atom is -0.377 e. The van der Waals surface area contributed by atoms with Crippen molar-refractivity contribution in [2.45, 2.75) is 20.8 Å². The van der Waals surface area contributed by atoms with E-state index in [0.29, 0.717) is 65.9 Å². The largest absolute Gasteiger partial charge is 0.377 e. The molecule has 0 aromatic carbocycles. The Labute approximate surface area is 162 Å². The Balaban J connectivity index is 3.17. The van der Waals surface area contributed by atoms with Crippen molar-refractivity contribution >= 4 is 11.8 Å². The molecule has 0 aliphatic carbocycles. The molecule has 0 fully saturated rings. The lowest BCUT2D eigenvalue weighted by atomic mass is 9.96. The van der Waals surface area contributed by atoms with Crippen molar-refractivity contribution in [3.05, 3.63) is 0 Å². The van der Waals surface area contributed by atoms with Crippen LogP contribution in [-0.2, 0) is 33.3 Å². The molecule has 0 aliphatic heterocycles. The minimum atomic E-state index is -0.381. The maximum absolute atomic E-state index is 11.6. The number of hydrogen-bond acceptors (Lipinski definition) is 7. The molecular weight excluding hydrogens is 356 g/mol. The van der Waals surface area contributed by atoms with Gasteiger partial charge in [0, 0.05) is 25.6 Å². The van der Waals surface area contributed by atoms with Crippen LogP contribution in [0.25, 0.3) is 0 Å². The summed E-state index contributed by atoms with van der Waals surface area (Å²) in [4.78, 5) is 22.7. The van der Waals surface area contributed by atoms with Crippen LogP contribution < -0.4 is 10.6 Å². The maximum Gasteiger partial charge on any atom is 0.246 e. The highest BCUT2D eigenvalue weighted by molar-refractivity contribution is 5.81. The molecule has 0 radical (unpaired) electrons. The van der Waals surface area contributed by atoms with Crippen molar-refractivity contribution in [3.63, 3.8) is 0 Å². The van der Waals surface area contributed by atoms with Crippen LogP contribution in [0, 0.1) is 5.41 Å². The monoisotopic (exact) mass is 392 g/mol. The molecule has 0 heterocycles. The molecular formula is C18H36N2O7. The smallest absolute Gasteiger partial charge is 0.246 e. The van der Waals surface area contributed by atoms with Gasteiger partial charge in [0.15, 0.2) is 0 Å². The highest BCUT2D eigenvalue weighted by Gasteiger charge is 2.20. The van der Waals surface area contributed by atoms with E-state index in [2.05, 4.69) is 10.6 Å². The predicted octanol–water partition coefficient (Wildman–Crippen LogP) is -0.0223. The van der Waals surface area contributed by atoms with E-state index in [4.69, 9.17) is 23.7 Å². The highest BCUT2D eigenvalue weighted by atomic mass is 16.6. The fourth-order valence-corrected chi connectivity index (χ4v) is 1.71. The molecule has 160 valence electrons. The van der Waals surface area contributed by atoms with Crippen molar-refractivity contribution in [1.29, 1.82) is 0 Å². The Morgan fingerprint density at radius 2 is 1.11 bits per heavy atom. The minimum absolute atomic E-state index is 0.0133. The molecule has 2 amide bonds. The van der Waals surface area contributed by atoms with Crippen LogP contribution in [0.2, 0.25) is 0 Å². The molecule has 0 aliphatic rings. The van der Waals surface area contributed by atoms with E-state index in [9.17, 15) is 9.59 Å².